The molecule has 0 saturated heterocycles. The lowest BCUT2D eigenvalue weighted by Crippen LogP contribution is -2.23. The molecule has 0 spiro atoms. The average molecular weight is 293 g/mol. The van der Waals surface area contributed by atoms with Crippen molar-refractivity contribution in [3.63, 3.8) is 0 Å². The van der Waals surface area contributed by atoms with Crippen molar-refractivity contribution < 1.29 is 19.1 Å². The minimum atomic E-state index is -0.751. The molecule has 2 atom stereocenters. The smallest absolute Gasteiger partial charge is 0.246 e. The minimum absolute atomic E-state index is 0.223. The van der Waals surface area contributed by atoms with Crippen LogP contribution in [-0.2, 0) is 6.42 Å². The molecule has 2 aromatic rings. The first-order valence-electron chi connectivity index (χ1n) is 6.52. The van der Waals surface area contributed by atoms with Crippen molar-refractivity contribution in [2.24, 2.45) is 5.73 Å². The van der Waals surface area contributed by atoms with Crippen LogP contribution in [0.1, 0.15) is 30.2 Å². The highest BCUT2D eigenvalue weighted by atomic mass is 16.5. The average Bonchev–Trinajstić information content (AvgIpc) is 2.94. The summed E-state index contributed by atoms with van der Waals surface area (Å²) in [5.41, 5.74) is 6.69. The highest BCUT2D eigenvalue weighted by Gasteiger charge is 2.19. The van der Waals surface area contributed by atoms with Crippen molar-refractivity contribution in [1.29, 1.82) is 0 Å². The van der Waals surface area contributed by atoms with Crippen LogP contribution in [0.2, 0.25) is 0 Å². The Balaban J connectivity index is 2.15. The molecule has 2 unspecified atom stereocenters. The number of nitrogens with two attached hydrogens (primary N) is 1. The van der Waals surface area contributed by atoms with Crippen molar-refractivity contribution in [2.75, 3.05) is 14.2 Å². The maximum Gasteiger partial charge on any atom is 0.246 e. The van der Waals surface area contributed by atoms with Gasteiger partial charge in [-0.2, -0.15) is 4.98 Å². The van der Waals surface area contributed by atoms with E-state index in [0.717, 1.165) is 5.56 Å². The Morgan fingerprint density at radius 3 is 2.62 bits per heavy atom. The van der Waals surface area contributed by atoms with Crippen LogP contribution in [0.4, 0.5) is 0 Å². The van der Waals surface area contributed by atoms with Crippen LogP contribution >= 0.6 is 0 Å². The third kappa shape index (κ3) is 3.50. The summed E-state index contributed by atoms with van der Waals surface area (Å²) in [5, 5.41) is 13.3. The van der Waals surface area contributed by atoms with Crippen LogP contribution in [0.3, 0.4) is 0 Å². The molecule has 0 aliphatic carbocycles. The molecule has 21 heavy (non-hydrogen) atoms. The molecule has 7 nitrogen and oxygen atoms in total. The summed E-state index contributed by atoms with van der Waals surface area (Å²) in [6.07, 6.45) is -0.282. The standard InChI is InChI=1S/C14H19N3O4/c1-8(18)13(15)14-16-12(17-21-14)7-9-4-5-10(19-2)11(6-9)20-3/h4-6,8,13,18H,7,15H2,1-3H3. The predicted octanol–water partition coefficient (Wildman–Crippen LogP) is 1.06. The molecule has 1 aromatic carbocycles. The topological polar surface area (TPSA) is 104 Å². The molecule has 0 aliphatic heterocycles. The minimum Gasteiger partial charge on any atom is -0.493 e. The number of hydrogen-bond acceptors (Lipinski definition) is 7. The zero-order valence-corrected chi connectivity index (χ0v) is 12.2. The first-order valence-corrected chi connectivity index (χ1v) is 6.52. The first kappa shape index (κ1) is 15.3. The third-order valence-corrected chi connectivity index (χ3v) is 3.10. The predicted molar refractivity (Wildman–Crippen MR) is 75.3 cm³/mol. The molecule has 0 bridgehead atoms. The van der Waals surface area contributed by atoms with Gasteiger partial charge in [-0.3, -0.25) is 0 Å². The summed E-state index contributed by atoms with van der Waals surface area (Å²) >= 11 is 0. The zero-order valence-electron chi connectivity index (χ0n) is 12.2. The van der Waals surface area contributed by atoms with Crippen LogP contribution in [0.25, 0.3) is 0 Å². The Labute approximate surface area is 122 Å². The van der Waals surface area contributed by atoms with Crippen LogP contribution in [0.15, 0.2) is 22.7 Å². The molecule has 1 heterocycles. The van der Waals surface area contributed by atoms with E-state index in [-0.39, 0.29) is 5.89 Å². The molecular formula is C14H19N3O4. The van der Waals surface area contributed by atoms with Gasteiger partial charge in [0, 0.05) is 6.42 Å². The van der Waals surface area contributed by atoms with Crippen molar-refractivity contribution in [2.45, 2.75) is 25.5 Å². The van der Waals surface area contributed by atoms with Gasteiger partial charge in [-0.15, -0.1) is 0 Å². The van der Waals surface area contributed by atoms with Crippen LogP contribution < -0.4 is 15.2 Å². The first-order chi connectivity index (χ1) is 10.0. The maximum atomic E-state index is 9.42. The summed E-state index contributed by atoms with van der Waals surface area (Å²) in [6, 6.07) is 4.88. The van der Waals surface area contributed by atoms with Crippen molar-refractivity contribution in [3.8, 4) is 11.5 Å². The van der Waals surface area contributed by atoms with E-state index in [1.807, 2.05) is 18.2 Å². The van der Waals surface area contributed by atoms with Crippen molar-refractivity contribution in [3.05, 3.63) is 35.5 Å². The van der Waals surface area contributed by atoms with Gasteiger partial charge in [0.25, 0.3) is 0 Å². The summed E-state index contributed by atoms with van der Waals surface area (Å²) < 4.78 is 15.5. The number of benzene rings is 1. The van der Waals surface area contributed by atoms with Gasteiger partial charge in [-0.1, -0.05) is 11.2 Å². The maximum absolute atomic E-state index is 9.42. The fourth-order valence-corrected chi connectivity index (χ4v) is 1.85. The molecule has 2 rings (SSSR count). The van der Waals surface area contributed by atoms with Gasteiger partial charge < -0.3 is 24.8 Å². The molecule has 0 radical (unpaired) electrons. The molecule has 0 saturated carbocycles. The Bertz CT molecular complexity index is 598. The fraction of sp³-hybridized carbons (Fsp3) is 0.429. The number of rotatable bonds is 6. The summed E-state index contributed by atoms with van der Waals surface area (Å²) in [5.74, 6) is 2.01. The molecule has 7 heteroatoms. The van der Waals surface area contributed by atoms with Gasteiger partial charge in [0.1, 0.15) is 6.04 Å². The van der Waals surface area contributed by atoms with Crippen molar-refractivity contribution >= 4 is 0 Å². The second kappa shape index (κ2) is 6.55. The summed E-state index contributed by atoms with van der Waals surface area (Å²) in [7, 11) is 3.16. The molecule has 1 aromatic heterocycles. The fourth-order valence-electron chi connectivity index (χ4n) is 1.85. The van der Waals surface area contributed by atoms with Crippen LogP contribution in [-0.4, -0.2) is 35.6 Å². The van der Waals surface area contributed by atoms with Gasteiger partial charge in [0.2, 0.25) is 5.89 Å². The molecule has 114 valence electrons. The second-order valence-corrected chi connectivity index (χ2v) is 4.68. The van der Waals surface area contributed by atoms with Crippen molar-refractivity contribution in [1.82, 2.24) is 10.1 Å². The summed E-state index contributed by atoms with van der Waals surface area (Å²) in [4.78, 5) is 4.19. The lowest BCUT2D eigenvalue weighted by Gasteiger charge is -2.09. The van der Waals surface area contributed by atoms with E-state index in [1.54, 1.807) is 21.1 Å². The highest BCUT2D eigenvalue weighted by molar-refractivity contribution is 5.43. The Morgan fingerprint density at radius 2 is 2.00 bits per heavy atom. The van der Waals surface area contributed by atoms with E-state index in [9.17, 15) is 5.11 Å². The lowest BCUT2D eigenvalue weighted by molar-refractivity contribution is 0.146. The number of ether oxygens (including phenoxy) is 2. The van der Waals surface area contributed by atoms with E-state index in [2.05, 4.69) is 10.1 Å². The van der Waals surface area contributed by atoms with E-state index in [0.29, 0.717) is 23.7 Å². The Hall–Kier alpha value is -2.12. The molecular weight excluding hydrogens is 274 g/mol. The van der Waals surface area contributed by atoms with Crippen LogP contribution in [0.5, 0.6) is 11.5 Å². The van der Waals surface area contributed by atoms with Gasteiger partial charge in [0.05, 0.1) is 20.3 Å². The number of nitrogens with zero attached hydrogens (tertiary/aromatic N) is 2. The van der Waals surface area contributed by atoms with Gasteiger partial charge >= 0.3 is 0 Å². The monoisotopic (exact) mass is 293 g/mol. The number of aliphatic hydroxyl groups is 1. The SMILES string of the molecule is COc1ccc(Cc2noc(C(N)C(C)O)n2)cc1OC. The highest BCUT2D eigenvalue weighted by Crippen LogP contribution is 2.28. The van der Waals surface area contributed by atoms with E-state index in [1.165, 1.54) is 0 Å². The normalized spacial score (nSPS) is 13.8. The van der Waals surface area contributed by atoms with E-state index >= 15 is 0 Å². The lowest BCUT2D eigenvalue weighted by atomic mass is 10.1. The van der Waals surface area contributed by atoms with Gasteiger partial charge in [-0.05, 0) is 24.6 Å². The summed E-state index contributed by atoms with van der Waals surface area (Å²) in [6.45, 7) is 1.57. The van der Waals surface area contributed by atoms with E-state index < -0.39 is 12.1 Å². The molecule has 3 N–H and O–H groups in total. The number of methoxy groups -OCH3 is 2. The third-order valence-electron chi connectivity index (χ3n) is 3.10. The second-order valence-electron chi connectivity index (χ2n) is 4.68. The number of aliphatic hydroxyl groups excluding tert-OH is 1. The largest absolute Gasteiger partial charge is 0.493 e. The molecule has 0 fully saturated rings. The van der Waals surface area contributed by atoms with Gasteiger partial charge in [-0.25, -0.2) is 0 Å². The quantitative estimate of drug-likeness (QED) is 0.820. The van der Waals surface area contributed by atoms with Gasteiger partial charge in [0.15, 0.2) is 17.3 Å². The zero-order chi connectivity index (χ0) is 15.4. The number of hydrogen-bond donors (Lipinski definition) is 2. The molecule has 0 aliphatic rings. The molecule has 0 amide bonds. The van der Waals surface area contributed by atoms with Crippen LogP contribution in [0, 0.1) is 0 Å². The number of aromatic nitrogens is 2. The van der Waals surface area contributed by atoms with E-state index in [4.69, 9.17) is 19.7 Å². The Morgan fingerprint density at radius 1 is 1.29 bits per heavy atom. The Kier molecular flexibility index (Phi) is 4.77.